The van der Waals surface area contributed by atoms with Crippen LogP contribution in [0.25, 0.3) is 10.4 Å². The van der Waals surface area contributed by atoms with Gasteiger partial charge in [-0.05, 0) is 50.5 Å². The largest absolute Gasteiger partial charge is 0.479 e. The molecule has 13 heteroatoms. The maximum atomic E-state index is 15.8. The maximum absolute atomic E-state index is 15.8. The van der Waals surface area contributed by atoms with Crippen molar-refractivity contribution in [2.24, 2.45) is 0 Å². The summed E-state index contributed by atoms with van der Waals surface area (Å²) in [4.78, 5) is 22.5. The first-order valence-electron chi connectivity index (χ1n) is 12.7. The van der Waals surface area contributed by atoms with Gasteiger partial charge in [0.05, 0.1) is 16.3 Å². The van der Waals surface area contributed by atoms with Gasteiger partial charge < -0.3 is 25.6 Å². The highest BCUT2D eigenvalue weighted by atomic mass is 35.5. The van der Waals surface area contributed by atoms with Crippen molar-refractivity contribution in [3.8, 4) is 16.2 Å². The highest BCUT2D eigenvalue weighted by molar-refractivity contribution is 7.96. The Morgan fingerprint density at radius 2 is 1.98 bits per heavy atom. The smallest absolute Gasteiger partial charge is 0.349 e. The molecule has 0 spiro atoms. The summed E-state index contributed by atoms with van der Waals surface area (Å²) in [5.41, 5.74) is 1.59. The average Bonchev–Trinajstić information content (AvgIpc) is 3.24. The Balaban J connectivity index is 1.47. The Hall–Kier alpha value is -3.06. The number of halogens is 3. The van der Waals surface area contributed by atoms with E-state index in [2.05, 4.69) is 28.8 Å². The predicted octanol–water partition coefficient (Wildman–Crippen LogP) is 7.05. The van der Waals surface area contributed by atoms with Gasteiger partial charge in [-0.3, -0.25) is 0 Å². The Labute approximate surface area is 249 Å². The topological polar surface area (TPSA) is 111 Å². The lowest BCUT2D eigenvalue weighted by molar-refractivity contribution is -0.139. The molecule has 220 valence electrons. The number of rotatable bonds is 11. The van der Waals surface area contributed by atoms with Crippen molar-refractivity contribution in [1.29, 1.82) is 0 Å². The van der Waals surface area contributed by atoms with E-state index in [1.165, 1.54) is 12.1 Å². The fraction of sp³-hybridized carbons (Fsp3) is 0.357. The number of hydrogen-bond acceptors (Lipinski definition) is 8. The molecule has 1 aliphatic rings. The first-order valence-corrected chi connectivity index (χ1v) is 14.9. The fourth-order valence-electron chi connectivity index (χ4n) is 4.76. The number of hydrogen-bond donors (Lipinski definition) is 4. The van der Waals surface area contributed by atoms with Crippen LogP contribution in [-0.2, 0) is 10.5 Å². The second kappa shape index (κ2) is 12.8. The third-order valence-corrected chi connectivity index (χ3v) is 9.85. The average molecular weight is 626 g/mol. The van der Waals surface area contributed by atoms with Gasteiger partial charge >= 0.3 is 11.9 Å². The van der Waals surface area contributed by atoms with Crippen molar-refractivity contribution in [2.45, 2.75) is 44.0 Å². The molecular weight excluding hydrogens is 596 g/mol. The summed E-state index contributed by atoms with van der Waals surface area (Å²) in [6.07, 6.45) is 1.48. The van der Waals surface area contributed by atoms with E-state index in [1.54, 1.807) is 43.3 Å². The van der Waals surface area contributed by atoms with Gasteiger partial charge in [0.2, 0.25) is 0 Å². The molecule has 8 nitrogen and oxygen atoms in total. The molecule has 0 aliphatic carbocycles. The Bertz CT molecular complexity index is 1450. The number of ether oxygens (including phenoxy) is 1. The third-order valence-electron chi connectivity index (χ3n) is 6.74. The van der Waals surface area contributed by atoms with E-state index in [-0.39, 0.29) is 49.2 Å². The monoisotopic (exact) mass is 625 g/mol. The van der Waals surface area contributed by atoms with Crippen molar-refractivity contribution in [2.75, 3.05) is 30.8 Å². The second-order valence-corrected chi connectivity index (χ2v) is 12.5. The van der Waals surface area contributed by atoms with Crippen LogP contribution in [0.5, 0.6) is 5.75 Å². The van der Waals surface area contributed by atoms with E-state index in [9.17, 15) is 19.1 Å². The Morgan fingerprint density at radius 1 is 1.22 bits per heavy atom. The summed E-state index contributed by atoms with van der Waals surface area (Å²) >= 11 is 8.77. The van der Waals surface area contributed by atoms with E-state index < -0.39 is 24.4 Å². The number of carbonyl (C=O) groups is 2. The molecule has 4 rings (SSSR count). The van der Waals surface area contributed by atoms with Crippen LogP contribution in [0.2, 0.25) is 5.02 Å². The SMILES string of the molecule is CNc1cc(CSN2CCC(Nc3cccc(-c4sc(C(=O)O)c(OCC(=O)O)c4Cl)c3F)CC2(C)C)ccc1F. The number of aromatic carboxylic acids is 1. The van der Waals surface area contributed by atoms with Crippen LogP contribution < -0.4 is 15.4 Å². The molecule has 1 saturated heterocycles. The van der Waals surface area contributed by atoms with Gasteiger partial charge in [0.25, 0.3) is 0 Å². The van der Waals surface area contributed by atoms with Crippen molar-refractivity contribution in [3.63, 3.8) is 0 Å². The normalized spacial score (nSPS) is 16.8. The zero-order valence-corrected chi connectivity index (χ0v) is 25.0. The standard InChI is InChI=1S/C28H30ClF2N3O5S2/c1-28(2)12-16(9-10-34(28)40-14-15-7-8-18(30)20(11-15)32-3)33-19-6-4-5-17(23(19)31)25-22(29)24(39-13-21(35)36)26(41-25)27(37)38/h4-8,11,16,32-33H,9-10,12-14H2,1-3H3,(H,35,36)(H,37,38). The summed E-state index contributed by atoms with van der Waals surface area (Å²) in [7, 11) is 1.69. The van der Waals surface area contributed by atoms with Crippen molar-refractivity contribution >= 4 is 58.2 Å². The molecule has 0 amide bonds. The molecule has 1 unspecified atom stereocenters. The van der Waals surface area contributed by atoms with E-state index in [0.29, 0.717) is 11.4 Å². The molecule has 1 fully saturated rings. The minimum atomic E-state index is -1.35. The quantitative estimate of drug-likeness (QED) is 0.167. The molecule has 1 atom stereocenters. The molecular formula is C28H30ClF2N3O5S2. The minimum absolute atomic E-state index is 0.0313. The zero-order valence-electron chi connectivity index (χ0n) is 22.6. The van der Waals surface area contributed by atoms with Gasteiger partial charge in [-0.15, -0.1) is 11.3 Å². The molecule has 3 aromatic rings. The summed E-state index contributed by atoms with van der Waals surface area (Å²) in [5, 5.41) is 24.5. The minimum Gasteiger partial charge on any atom is -0.479 e. The summed E-state index contributed by atoms with van der Waals surface area (Å²) in [6.45, 7) is 4.22. The molecule has 0 radical (unpaired) electrons. The van der Waals surface area contributed by atoms with Crippen molar-refractivity contribution in [3.05, 3.63) is 63.5 Å². The van der Waals surface area contributed by atoms with Gasteiger partial charge in [-0.1, -0.05) is 41.7 Å². The number of nitrogens with one attached hydrogen (secondary N) is 2. The molecule has 2 aromatic carbocycles. The lowest BCUT2D eigenvalue weighted by Crippen LogP contribution is -2.49. The van der Waals surface area contributed by atoms with Gasteiger partial charge in [-0.25, -0.2) is 22.7 Å². The van der Waals surface area contributed by atoms with E-state index in [0.717, 1.165) is 36.3 Å². The molecule has 41 heavy (non-hydrogen) atoms. The van der Waals surface area contributed by atoms with Gasteiger partial charge in [0.1, 0.15) is 10.8 Å². The van der Waals surface area contributed by atoms with Crippen LogP contribution >= 0.6 is 34.9 Å². The fourth-order valence-corrected chi connectivity index (χ4v) is 7.32. The maximum Gasteiger partial charge on any atom is 0.349 e. The summed E-state index contributed by atoms with van der Waals surface area (Å²) < 4.78 is 37.0. The number of benzene rings is 2. The van der Waals surface area contributed by atoms with Gasteiger partial charge in [0, 0.05) is 36.5 Å². The van der Waals surface area contributed by atoms with Crippen LogP contribution in [0.4, 0.5) is 20.2 Å². The van der Waals surface area contributed by atoms with E-state index in [1.807, 2.05) is 0 Å². The van der Waals surface area contributed by atoms with Crippen molar-refractivity contribution in [1.82, 2.24) is 4.31 Å². The van der Waals surface area contributed by atoms with Crippen LogP contribution in [0.3, 0.4) is 0 Å². The number of aliphatic carboxylic acids is 1. The number of carboxylic acid groups (broad SMARTS) is 2. The third kappa shape index (κ3) is 7.06. The lowest BCUT2D eigenvalue weighted by atomic mass is 9.89. The molecule has 2 heterocycles. The van der Waals surface area contributed by atoms with Crippen LogP contribution in [-0.4, -0.2) is 58.2 Å². The van der Waals surface area contributed by atoms with Crippen LogP contribution in [0.1, 0.15) is 41.9 Å². The Kier molecular flexibility index (Phi) is 9.68. The highest BCUT2D eigenvalue weighted by Gasteiger charge is 2.36. The molecule has 4 N–H and O–H groups in total. The van der Waals surface area contributed by atoms with E-state index in [4.69, 9.17) is 21.4 Å². The number of carboxylic acids is 2. The summed E-state index contributed by atoms with van der Waals surface area (Å²) in [5.74, 6) is -3.15. The van der Waals surface area contributed by atoms with E-state index >= 15 is 4.39 Å². The number of piperidine rings is 1. The Morgan fingerprint density at radius 3 is 2.63 bits per heavy atom. The molecule has 0 bridgehead atoms. The predicted molar refractivity (Wildman–Crippen MR) is 159 cm³/mol. The van der Waals surface area contributed by atoms with Crippen LogP contribution in [0, 0.1) is 11.6 Å². The van der Waals surface area contributed by atoms with Crippen molar-refractivity contribution < 1.29 is 33.3 Å². The lowest BCUT2D eigenvalue weighted by Gasteiger charge is -2.45. The second-order valence-electron chi connectivity index (χ2n) is 10.1. The zero-order chi connectivity index (χ0) is 29.9. The molecule has 0 saturated carbocycles. The molecule has 1 aromatic heterocycles. The van der Waals surface area contributed by atoms with Gasteiger partial charge in [0.15, 0.2) is 23.1 Å². The van der Waals surface area contributed by atoms with Crippen LogP contribution in [0.15, 0.2) is 36.4 Å². The number of anilines is 2. The number of thiophene rings is 1. The first-order chi connectivity index (χ1) is 19.4. The molecule has 1 aliphatic heterocycles. The summed E-state index contributed by atoms with van der Waals surface area (Å²) in [6, 6.07) is 9.76. The van der Waals surface area contributed by atoms with Gasteiger partial charge in [-0.2, -0.15) is 0 Å². The number of nitrogens with zero attached hydrogens (tertiary/aromatic N) is 1. The first kappa shape index (κ1) is 30.9. The highest BCUT2D eigenvalue weighted by Crippen LogP contribution is 2.47.